The van der Waals surface area contributed by atoms with E-state index in [-0.39, 0.29) is 6.04 Å². The number of nitrogens with zero attached hydrogens (tertiary/aromatic N) is 1. The van der Waals surface area contributed by atoms with Gasteiger partial charge in [-0.3, -0.25) is 4.99 Å². The van der Waals surface area contributed by atoms with Crippen LogP contribution in [0.5, 0.6) is 0 Å². The van der Waals surface area contributed by atoms with Gasteiger partial charge in [-0.2, -0.15) is 0 Å². The van der Waals surface area contributed by atoms with Crippen molar-refractivity contribution >= 4 is 6.21 Å². The molecule has 92 valence electrons. The summed E-state index contributed by atoms with van der Waals surface area (Å²) >= 11 is 0. The van der Waals surface area contributed by atoms with Crippen LogP contribution in [0.2, 0.25) is 0 Å². The van der Waals surface area contributed by atoms with Gasteiger partial charge >= 0.3 is 0 Å². The Morgan fingerprint density at radius 1 is 1.29 bits per heavy atom. The molecule has 0 aliphatic rings. The third-order valence-electron chi connectivity index (χ3n) is 2.30. The summed E-state index contributed by atoms with van der Waals surface area (Å²) in [6.07, 6.45) is 11.2. The van der Waals surface area contributed by atoms with Gasteiger partial charge in [0.05, 0.1) is 0 Å². The number of rotatable bonds is 6. The van der Waals surface area contributed by atoms with Gasteiger partial charge in [0.15, 0.2) is 0 Å². The van der Waals surface area contributed by atoms with Crippen LogP contribution in [0.1, 0.15) is 13.8 Å². The van der Waals surface area contributed by atoms with E-state index in [4.69, 9.17) is 5.73 Å². The molecule has 0 saturated heterocycles. The lowest BCUT2D eigenvalue weighted by molar-refractivity contribution is 0.881. The summed E-state index contributed by atoms with van der Waals surface area (Å²) < 4.78 is 0. The van der Waals surface area contributed by atoms with Gasteiger partial charge in [-0.05, 0) is 36.6 Å². The Kier molecular flexibility index (Phi) is 7.65. The summed E-state index contributed by atoms with van der Waals surface area (Å²) in [5.41, 5.74) is 8.90. The quantitative estimate of drug-likeness (QED) is 0.552. The molecule has 0 bridgehead atoms. The van der Waals surface area contributed by atoms with E-state index in [9.17, 15) is 0 Å². The topological polar surface area (TPSA) is 38.4 Å². The van der Waals surface area contributed by atoms with Crippen LogP contribution in [0.15, 0.2) is 65.2 Å². The van der Waals surface area contributed by atoms with Crippen LogP contribution >= 0.6 is 0 Å². The second-order valence-electron chi connectivity index (χ2n) is 3.63. The third-order valence-corrected chi connectivity index (χ3v) is 2.30. The highest BCUT2D eigenvalue weighted by molar-refractivity contribution is 5.86. The van der Waals surface area contributed by atoms with Gasteiger partial charge in [0.25, 0.3) is 0 Å². The Labute approximate surface area is 105 Å². The van der Waals surface area contributed by atoms with E-state index in [1.807, 2.05) is 32.1 Å². The maximum atomic E-state index is 5.88. The molecule has 2 N–H and O–H groups in total. The molecule has 2 heteroatoms. The fourth-order valence-corrected chi connectivity index (χ4v) is 1.40. The van der Waals surface area contributed by atoms with Crippen LogP contribution in [0.4, 0.5) is 0 Å². The van der Waals surface area contributed by atoms with Crippen molar-refractivity contribution in [2.24, 2.45) is 10.7 Å². The molecule has 2 nitrogen and oxygen atoms in total. The smallest absolute Gasteiger partial charge is 0.0287 e. The normalized spacial score (nSPS) is 16.1. The lowest BCUT2D eigenvalue weighted by Gasteiger charge is -2.09. The Balaban J connectivity index is 5.44. The molecule has 17 heavy (non-hydrogen) atoms. The second kappa shape index (κ2) is 8.48. The standard InChI is InChI=1S/C15H22N2/c1-6-9-15(11-17-5)14(8-3)10-13(7-2)12(4)16/h6-12H,1,3,16H2,2,4-5H3/b13-7+,14-10+,15-9+,17-11?. The minimum atomic E-state index is -0.00139. The summed E-state index contributed by atoms with van der Waals surface area (Å²) in [5, 5.41) is 0. The highest BCUT2D eigenvalue weighted by Gasteiger charge is 2.03. The number of hydrogen-bond donors (Lipinski definition) is 1. The Morgan fingerprint density at radius 3 is 2.29 bits per heavy atom. The van der Waals surface area contributed by atoms with Crippen molar-refractivity contribution in [1.29, 1.82) is 0 Å². The van der Waals surface area contributed by atoms with Crippen molar-refractivity contribution in [2.45, 2.75) is 19.9 Å². The van der Waals surface area contributed by atoms with Crippen molar-refractivity contribution in [3.05, 3.63) is 60.3 Å². The van der Waals surface area contributed by atoms with Gasteiger partial charge < -0.3 is 5.73 Å². The molecule has 0 rings (SSSR count). The molecule has 0 amide bonds. The van der Waals surface area contributed by atoms with Crippen LogP contribution in [0.25, 0.3) is 0 Å². The largest absolute Gasteiger partial charge is 0.324 e. The molecule has 0 heterocycles. The maximum absolute atomic E-state index is 5.88. The summed E-state index contributed by atoms with van der Waals surface area (Å²) in [6, 6.07) is -0.00139. The molecule has 0 aromatic carbocycles. The minimum absolute atomic E-state index is 0.00139. The molecular formula is C15H22N2. The van der Waals surface area contributed by atoms with Gasteiger partial charge in [-0.25, -0.2) is 0 Å². The average Bonchev–Trinajstić information content (AvgIpc) is 2.30. The first-order valence-corrected chi connectivity index (χ1v) is 5.61. The van der Waals surface area contributed by atoms with Crippen LogP contribution < -0.4 is 5.73 Å². The van der Waals surface area contributed by atoms with E-state index in [0.29, 0.717) is 0 Å². The molecule has 0 fully saturated rings. The van der Waals surface area contributed by atoms with Crippen molar-refractivity contribution in [1.82, 2.24) is 0 Å². The van der Waals surface area contributed by atoms with Gasteiger partial charge in [0.2, 0.25) is 0 Å². The summed E-state index contributed by atoms with van der Waals surface area (Å²) in [4.78, 5) is 4.02. The Bertz CT molecular complexity index is 380. The van der Waals surface area contributed by atoms with Gasteiger partial charge in [0, 0.05) is 19.3 Å². The van der Waals surface area contributed by atoms with Crippen molar-refractivity contribution in [3.8, 4) is 0 Å². The number of hydrogen-bond acceptors (Lipinski definition) is 2. The van der Waals surface area contributed by atoms with E-state index < -0.39 is 0 Å². The number of allylic oxidation sites excluding steroid dienone is 6. The first-order valence-electron chi connectivity index (χ1n) is 5.61. The lowest BCUT2D eigenvalue weighted by Crippen LogP contribution is -2.16. The summed E-state index contributed by atoms with van der Waals surface area (Å²) in [7, 11) is 1.74. The first kappa shape index (κ1) is 15.3. The maximum Gasteiger partial charge on any atom is 0.0287 e. The van der Waals surface area contributed by atoms with Crippen molar-refractivity contribution < 1.29 is 0 Å². The van der Waals surface area contributed by atoms with Gasteiger partial charge in [0.1, 0.15) is 0 Å². The molecule has 1 unspecified atom stereocenters. The van der Waals surface area contributed by atoms with E-state index in [1.54, 1.807) is 25.4 Å². The minimum Gasteiger partial charge on any atom is -0.324 e. The lowest BCUT2D eigenvalue weighted by atomic mass is 10.0. The highest BCUT2D eigenvalue weighted by atomic mass is 14.6. The zero-order valence-corrected chi connectivity index (χ0v) is 11.0. The van der Waals surface area contributed by atoms with Gasteiger partial charge in [-0.15, -0.1) is 0 Å². The molecule has 0 aliphatic carbocycles. The SMILES string of the molecule is C=C/C=C(C=NC)/C(C=C)=C/C(=C\C)C(C)N. The molecular weight excluding hydrogens is 208 g/mol. The predicted octanol–water partition coefficient (Wildman–Crippen LogP) is 3.21. The molecule has 0 saturated carbocycles. The Hall–Kier alpha value is -1.67. The first-order chi connectivity index (χ1) is 8.10. The monoisotopic (exact) mass is 230 g/mol. The number of nitrogens with two attached hydrogens (primary N) is 1. The zero-order chi connectivity index (χ0) is 13.3. The molecule has 1 atom stereocenters. The third kappa shape index (κ3) is 5.27. The fourth-order valence-electron chi connectivity index (χ4n) is 1.40. The van der Waals surface area contributed by atoms with Crippen LogP contribution in [-0.2, 0) is 0 Å². The van der Waals surface area contributed by atoms with E-state index in [1.165, 1.54) is 0 Å². The van der Waals surface area contributed by atoms with Crippen molar-refractivity contribution in [3.63, 3.8) is 0 Å². The number of aliphatic imine (C=N–C) groups is 1. The highest BCUT2D eigenvalue weighted by Crippen LogP contribution is 2.14. The van der Waals surface area contributed by atoms with E-state index in [2.05, 4.69) is 18.2 Å². The van der Waals surface area contributed by atoms with Gasteiger partial charge in [-0.1, -0.05) is 37.5 Å². The summed E-state index contributed by atoms with van der Waals surface area (Å²) in [5.74, 6) is 0. The molecule has 0 aliphatic heterocycles. The van der Waals surface area contributed by atoms with E-state index in [0.717, 1.165) is 16.7 Å². The van der Waals surface area contributed by atoms with Crippen LogP contribution in [0.3, 0.4) is 0 Å². The summed E-state index contributed by atoms with van der Waals surface area (Å²) in [6.45, 7) is 11.4. The average molecular weight is 230 g/mol. The zero-order valence-electron chi connectivity index (χ0n) is 11.0. The van der Waals surface area contributed by atoms with E-state index >= 15 is 0 Å². The fraction of sp³-hybridized carbons (Fsp3) is 0.267. The molecule has 0 aromatic heterocycles. The predicted molar refractivity (Wildman–Crippen MR) is 78.4 cm³/mol. The van der Waals surface area contributed by atoms with Crippen molar-refractivity contribution in [2.75, 3.05) is 7.05 Å². The molecule has 0 radical (unpaired) electrons. The van der Waals surface area contributed by atoms with Crippen LogP contribution in [0, 0.1) is 0 Å². The molecule has 0 spiro atoms. The van der Waals surface area contributed by atoms with Crippen LogP contribution in [-0.4, -0.2) is 19.3 Å². The Morgan fingerprint density at radius 2 is 1.94 bits per heavy atom. The second-order valence-corrected chi connectivity index (χ2v) is 3.63. The molecule has 0 aromatic rings.